The Morgan fingerprint density at radius 2 is 0.812 bits per heavy atom. The van der Waals surface area contributed by atoms with Crippen molar-refractivity contribution in [3.05, 3.63) is 118 Å². The maximum absolute atomic E-state index is 11.9. The Hall–Kier alpha value is -6.42. The maximum Gasteiger partial charge on any atom is 0.336 e. The number of rotatable bonds is 7. The van der Waals surface area contributed by atoms with Crippen molar-refractivity contribution in [1.29, 1.82) is 0 Å². The topological polar surface area (TPSA) is 176 Å². The third kappa shape index (κ3) is 5.71. The van der Waals surface area contributed by atoms with E-state index in [0.717, 1.165) is 33.4 Å². The van der Waals surface area contributed by atoms with Crippen LogP contribution in [-0.4, -0.2) is 22.2 Å². The van der Waals surface area contributed by atoms with Crippen LogP contribution in [0.4, 0.5) is 34.1 Å². The maximum atomic E-state index is 11.9. The van der Waals surface area contributed by atoms with Gasteiger partial charge in [-0.2, -0.15) is 0 Å². The number of nitrogens with two attached hydrogens (primary N) is 2. The molecule has 0 aromatic heterocycles. The first kappa shape index (κ1) is 31.6. The summed E-state index contributed by atoms with van der Waals surface area (Å²) >= 11 is 0. The molecule has 0 atom stereocenters. The van der Waals surface area contributed by atoms with Crippen LogP contribution >= 0.6 is 0 Å². The number of benzene rings is 6. The molecule has 6 aromatic rings. The van der Waals surface area contributed by atoms with Crippen LogP contribution in [0.25, 0.3) is 32.7 Å². The number of hydrogen-bond acceptors (Lipinski definition) is 8. The zero-order chi connectivity index (χ0) is 34.3. The van der Waals surface area contributed by atoms with Crippen LogP contribution in [0, 0.1) is 27.7 Å². The molecular formula is C38H32N6O4. The van der Waals surface area contributed by atoms with Crippen LogP contribution < -0.4 is 11.5 Å². The summed E-state index contributed by atoms with van der Waals surface area (Å²) in [5.41, 5.74) is 21.1. The van der Waals surface area contributed by atoms with Crippen molar-refractivity contribution < 1.29 is 19.8 Å². The van der Waals surface area contributed by atoms with Crippen molar-refractivity contribution in [2.24, 2.45) is 20.5 Å². The van der Waals surface area contributed by atoms with Gasteiger partial charge in [-0.3, -0.25) is 0 Å². The van der Waals surface area contributed by atoms with Gasteiger partial charge in [-0.05, 0) is 108 Å². The van der Waals surface area contributed by atoms with Crippen molar-refractivity contribution >= 4 is 67.6 Å². The quantitative estimate of drug-likeness (QED) is 0.100. The minimum absolute atomic E-state index is 0.108. The van der Waals surface area contributed by atoms with E-state index in [1.807, 2.05) is 52.0 Å². The molecule has 238 valence electrons. The molecule has 0 fully saturated rings. The predicted molar refractivity (Wildman–Crippen MR) is 190 cm³/mol. The van der Waals surface area contributed by atoms with E-state index >= 15 is 0 Å². The van der Waals surface area contributed by atoms with E-state index in [2.05, 4.69) is 20.5 Å². The summed E-state index contributed by atoms with van der Waals surface area (Å²) in [6.07, 6.45) is 0. The average Bonchev–Trinajstić information content (AvgIpc) is 3.05. The lowest BCUT2D eigenvalue weighted by Crippen LogP contribution is -1.99. The number of fused-ring (bicyclic) bond motifs is 2. The van der Waals surface area contributed by atoms with Crippen LogP contribution in [0.15, 0.2) is 105 Å². The number of anilines is 2. The lowest BCUT2D eigenvalue weighted by atomic mass is 9.95. The lowest BCUT2D eigenvalue weighted by Gasteiger charge is -2.13. The first-order chi connectivity index (χ1) is 22.9. The number of carboxylic acid groups (broad SMARTS) is 2. The summed E-state index contributed by atoms with van der Waals surface area (Å²) in [6.45, 7) is 7.77. The Labute approximate surface area is 276 Å². The zero-order valence-electron chi connectivity index (χ0n) is 26.7. The number of carbonyl (C=O) groups is 2. The molecule has 6 rings (SSSR count). The summed E-state index contributed by atoms with van der Waals surface area (Å²) in [7, 11) is 0. The molecule has 48 heavy (non-hydrogen) atoms. The van der Waals surface area contributed by atoms with Crippen LogP contribution in [0.1, 0.15) is 43.0 Å². The largest absolute Gasteiger partial charge is 0.478 e. The predicted octanol–water partition coefficient (Wildman–Crippen LogP) is 10.3. The second kappa shape index (κ2) is 12.4. The highest BCUT2D eigenvalue weighted by atomic mass is 16.4. The van der Waals surface area contributed by atoms with Gasteiger partial charge in [-0.25, -0.2) is 9.59 Å². The van der Waals surface area contributed by atoms with Gasteiger partial charge in [0.1, 0.15) is 11.4 Å². The Balaban J connectivity index is 1.32. The summed E-state index contributed by atoms with van der Waals surface area (Å²) in [5, 5.41) is 39.6. The van der Waals surface area contributed by atoms with Gasteiger partial charge in [0.15, 0.2) is 0 Å². The molecule has 10 heteroatoms. The van der Waals surface area contributed by atoms with Gasteiger partial charge in [-0.15, -0.1) is 20.5 Å². The monoisotopic (exact) mass is 636 g/mol. The molecule has 10 nitrogen and oxygen atoms in total. The summed E-state index contributed by atoms with van der Waals surface area (Å²) < 4.78 is 0. The molecule has 0 saturated heterocycles. The van der Waals surface area contributed by atoms with E-state index in [1.54, 1.807) is 48.5 Å². The molecule has 0 aliphatic rings. The van der Waals surface area contributed by atoms with E-state index < -0.39 is 11.9 Å². The lowest BCUT2D eigenvalue weighted by molar-refractivity contribution is 0.0688. The Bertz CT molecular complexity index is 2170. The number of aryl methyl sites for hydroxylation is 4. The summed E-state index contributed by atoms with van der Waals surface area (Å²) in [5.74, 6) is -2.13. The van der Waals surface area contributed by atoms with Crippen molar-refractivity contribution in [3.63, 3.8) is 0 Å². The molecule has 0 saturated carbocycles. The molecule has 0 aliphatic heterocycles. The molecular weight excluding hydrogens is 604 g/mol. The Morgan fingerprint density at radius 3 is 1.12 bits per heavy atom. The smallest absolute Gasteiger partial charge is 0.336 e. The van der Waals surface area contributed by atoms with Crippen LogP contribution in [0.5, 0.6) is 0 Å². The van der Waals surface area contributed by atoms with E-state index in [9.17, 15) is 19.8 Å². The molecule has 6 N–H and O–H groups in total. The fourth-order valence-corrected chi connectivity index (χ4v) is 6.05. The molecule has 0 spiro atoms. The first-order valence-electron chi connectivity index (χ1n) is 15.1. The average molecular weight is 637 g/mol. The van der Waals surface area contributed by atoms with Crippen molar-refractivity contribution in [2.45, 2.75) is 27.7 Å². The second-order valence-corrected chi connectivity index (χ2v) is 11.7. The molecule has 0 heterocycles. The summed E-state index contributed by atoms with van der Waals surface area (Å²) in [6, 6.07) is 25.1. The van der Waals surface area contributed by atoms with Crippen LogP contribution in [0.3, 0.4) is 0 Å². The number of nitrogens with zero attached hydrogens (tertiary/aromatic N) is 4. The first-order valence-corrected chi connectivity index (χ1v) is 15.1. The number of carboxylic acids is 2. The SMILES string of the molecule is Cc1cc(-c2cc(C)c(N=Nc3cc(C(=O)O)c4ccccc4c3N)c(C)c2)cc(C)c1N=Nc1cc(C(=O)O)c2ccccc2c1N. The fraction of sp³-hybridized carbons (Fsp3) is 0.105. The molecule has 6 aromatic carbocycles. The molecule has 0 unspecified atom stereocenters. The van der Waals surface area contributed by atoms with Gasteiger partial charge in [0, 0.05) is 10.8 Å². The number of aromatic carboxylic acids is 2. The second-order valence-electron chi connectivity index (χ2n) is 11.7. The van der Waals surface area contributed by atoms with Crippen LogP contribution in [0.2, 0.25) is 0 Å². The van der Waals surface area contributed by atoms with E-state index in [1.165, 1.54) is 12.1 Å². The van der Waals surface area contributed by atoms with E-state index in [0.29, 0.717) is 44.3 Å². The zero-order valence-corrected chi connectivity index (χ0v) is 26.7. The number of azo groups is 2. The molecule has 0 amide bonds. The van der Waals surface area contributed by atoms with Crippen molar-refractivity contribution in [1.82, 2.24) is 0 Å². The third-order valence-corrected chi connectivity index (χ3v) is 8.42. The summed E-state index contributed by atoms with van der Waals surface area (Å²) in [4.78, 5) is 23.9. The number of hydrogen-bond donors (Lipinski definition) is 4. The third-order valence-electron chi connectivity index (χ3n) is 8.42. The van der Waals surface area contributed by atoms with Gasteiger partial charge in [-0.1, -0.05) is 48.5 Å². The minimum atomic E-state index is -1.07. The Morgan fingerprint density at radius 1 is 0.500 bits per heavy atom. The highest BCUT2D eigenvalue weighted by Gasteiger charge is 2.17. The van der Waals surface area contributed by atoms with Gasteiger partial charge < -0.3 is 21.7 Å². The van der Waals surface area contributed by atoms with Gasteiger partial charge >= 0.3 is 11.9 Å². The highest BCUT2D eigenvalue weighted by molar-refractivity contribution is 6.11. The van der Waals surface area contributed by atoms with E-state index in [4.69, 9.17) is 11.5 Å². The van der Waals surface area contributed by atoms with Gasteiger partial charge in [0.05, 0.1) is 33.9 Å². The van der Waals surface area contributed by atoms with Gasteiger partial charge in [0.25, 0.3) is 0 Å². The standard InChI is InChI=1S/C38H32N6O4/c1-19-13-23(14-20(2)35(19)43-41-31-17-29(37(45)46)25-9-5-7-11-27(25)33(31)39)24-15-21(3)36(22(4)16-24)44-42-32-18-30(38(47)48)26-10-6-8-12-28(26)34(32)40/h5-18H,39-40H2,1-4H3,(H,45,46)(H,47,48). The highest BCUT2D eigenvalue weighted by Crippen LogP contribution is 2.39. The Kier molecular flexibility index (Phi) is 8.16. The van der Waals surface area contributed by atoms with Gasteiger partial charge in [0.2, 0.25) is 0 Å². The van der Waals surface area contributed by atoms with Crippen molar-refractivity contribution in [2.75, 3.05) is 11.5 Å². The fourth-order valence-electron chi connectivity index (χ4n) is 6.05. The minimum Gasteiger partial charge on any atom is -0.478 e. The number of nitrogen functional groups attached to an aromatic ring is 2. The molecule has 0 aliphatic carbocycles. The molecule has 0 radical (unpaired) electrons. The normalized spacial score (nSPS) is 11.7. The molecule has 0 bridgehead atoms. The van der Waals surface area contributed by atoms with E-state index in [-0.39, 0.29) is 22.5 Å². The van der Waals surface area contributed by atoms with Crippen LogP contribution in [-0.2, 0) is 0 Å². The van der Waals surface area contributed by atoms with Crippen molar-refractivity contribution in [3.8, 4) is 11.1 Å².